The zero-order valence-electron chi connectivity index (χ0n) is 16.0. The molecule has 0 aromatic heterocycles. The summed E-state index contributed by atoms with van der Waals surface area (Å²) in [5.41, 5.74) is 0.811. The molecule has 0 radical (unpaired) electrons. The van der Waals surface area contributed by atoms with E-state index >= 15 is 0 Å². The number of nitrogens with one attached hydrogen (secondary N) is 1. The molecule has 2 aliphatic heterocycles. The highest BCUT2D eigenvalue weighted by Gasteiger charge is 2.34. The minimum absolute atomic E-state index is 0.00683. The lowest BCUT2D eigenvalue weighted by atomic mass is 10.1. The third kappa shape index (κ3) is 5.43. The molecular formula is C20H29N3O4. The van der Waals surface area contributed by atoms with Crippen LogP contribution in [0.3, 0.4) is 0 Å². The van der Waals surface area contributed by atoms with Crippen molar-refractivity contribution >= 4 is 17.5 Å². The maximum Gasteiger partial charge on any atom is 0.227 e. The van der Waals surface area contributed by atoms with Gasteiger partial charge in [-0.05, 0) is 44.2 Å². The Morgan fingerprint density at radius 2 is 2.00 bits per heavy atom. The van der Waals surface area contributed by atoms with E-state index in [4.69, 9.17) is 9.47 Å². The fourth-order valence-corrected chi connectivity index (χ4v) is 3.51. The number of anilines is 1. The molecule has 0 saturated carbocycles. The van der Waals surface area contributed by atoms with Crippen molar-refractivity contribution in [2.45, 2.75) is 19.8 Å². The van der Waals surface area contributed by atoms with Gasteiger partial charge in [0.25, 0.3) is 0 Å². The number of ether oxygens (including phenoxy) is 2. The molecule has 1 aromatic carbocycles. The quantitative estimate of drug-likeness (QED) is 0.693. The maximum atomic E-state index is 12.4. The van der Waals surface area contributed by atoms with Crippen molar-refractivity contribution in [3.8, 4) is 5.75 Å². The van der Waals surface area contributed by atoms with Crippen molar-refractivity contribution in [2.24, 2.45) is 5.92 Å². The van der Waals surface area contributed by atoms with Gasteiger partial charge < -0.3 is 19.7 Å². The van der Waals surface area contributed by atoms with Gasteiger partial charge >= 0.3 is 0 Å². The van der Waals surface area contributed by atoms with Crippen LogP contribution in [0, 0.1) is 5.92 Å². The summed E-state index contributed by atoms with van der Waals surface area (Å²) < 4.78 is 10.8. The Morgan fingerprint density at radius 1 is 1.26 bits per heavy atom. The minimum Gasteiger partial charge on any atom is -0.494 e. The second-order valence-corrected chi connectivity index (χ2v) is 6.93. The standard InChI is InChI=1S/C20H29N3O4/c1-2-27-18-6-4-17(5-7-18)23-15-16(14-19(23)24)20(25)21-8-3-9-22-10-12-26-13-11-22/h4-7,16H,2-3,8-15H2,1H3,(H,21,25)/t16-/m0/s1. The van der Waals surface area contributed by atoms with Crippen molar-refractivity contribution in [1.82, 2.24) is 10.2 Å². The minimum atomic E-state index is -0.285. The molecule has 2 heterocycles. The molecule has 0 unspecified atom stereocenters. The Morgan fingerprint density at radius 3 is 2.70 bits per heavy atom. The van der Waals surface area contributed by atoms with Gasteiger partial charge in [-0.1, -0.05) is 0 Å². The molecule has 27 heavy (non-hydrogen) atoms. The molecule has 0 bridgehead atoms. The van der Waals surface area contributed by atoms with Gasteiger partial charge in [0.05, 0.1) is 25.7 Å². The monoisotopic (exact) mass is 375 g/mol. The van der Waals surface area contributed by atoms with E-state index in [0.29, 0.717) is 19.7 Å². The Balaban J connectivity index is 1.42. The molecule has 3 rings (SSSR count). The SMILES string of the molecule is CCOc1ccc(N2C[C@@H](C(=O)NCCCN3CCOCC3)CC2=O)cc1. The molecule has 1 aromatic rings. The number of hydrogen-bond donors (Lipinski definition) is 1. The van der Waals surface area contributed by atoms with E-state index in [1.807, 2.05) is 31.2 Å². The number of nitrogens with zero attached hydrogens (tertiary/aromatic N) is 2. The Hall–Kier alpha value is -2.12. The number of morpholine rings is 1. The van der Waals surface area contributed by atoms with E-state index in [-0.39, 0.29) is 24.2 Å². The highest BCUT2D eigenvalue weighted by molar-refractivity contribution is 6.00. The molecule has 2 fully saturated rings. The molecule has 0 aliphatic carbocycles. The lowest BCUT2D eigenvalue weighted by Crippen LogP contribution is -2.39. The molecular weight excluding hydrogens is 346 g/mol. The predicted octanol–water partition coefficient (Wildman–Crippen LogP) is 1.28. The highest BCUT2D eigenvalue weighted by atomic mass is 16.5. The van der Waals surface area contributed by atoms with Crippen molar-refractivity contribution in [3.05, 3.63) is 24.3 Å². The highest BCUT2D eigenvalue weighted by Crippen LogP contribution is 2.27. The molecule has 1 atom stereocenters. The lowest BCUT2D eigenvalue weighted by molar-refractivity contribution is -0.126. The van der Waals surface area contributed by atoms with Crippen LogP contribution in [0.5, 0.6) is 5.75 Å². The van der Waals surface area contributed by atoms with Gasteiger partial charge in [0.2, 0.25) is 11.8 Å². The molecule has 148 valence electrons. The summed E-state index contributed by atoms with van der Waals surface area (Å²) in [6, 6.07) is 7.44. The lowest BCUT2D eigenvalue weighted by Gasteiger charge is -2.26. The van der Waals surface area contributed by atoms with Crippen molar-refractivity contribution in [3.63, 3.8) is 0 Å². The molecule has 2 saturated heterocycles. The molecule has 2 amide bonds. The summed E-state index contributed by atoms with van der Waals surface area (Å²) in [5, 5.41) is 2.99. The summed E-state index contributed by atoms with van der Waals surface area (Å²) in [6.45, 7) is 8.08. The molecule has 0 spiro atoms. The first-order valence-electron chi connectivity index (χ1n) is 9.78. The van der Waals surface area contributed by atoms with Crippen LogP contribution in [0.15, 0.2) is 24.3 Å². The fourth-order valence-electron chi connectivity index (χ4n) is 3.51. The number of rotatable bonds is 8. The van der Waals surface area contributed by atoms with Gasteiger partial charge in [0.15, 0.2) is 0 Å². The van der Waals surface area contributed by atoms with Crippen LogP contribution in [0.25, 0.3) is 0 Å². The summed E-state index contributed by atoms with van der Waals surface area (Å²) in [4.78, 5) is 28.8. The number of benzene rings is 1. The van der Waals surface area contributed by atoms with E-state index in [2.05, 4.69) is 10.2 Å². The van der Waals surface area contributed by atoms with Gasteiger partial charge in [-0.15, -0.1) is 0 Å². The van der Waals surface area contributed by atoms with E-state index in [1.54, 1.807) is 4.90 Å². The van der Waals surface area contributed by atoms with Crippen molar-refractivity contribution in [1.29, 1.82) is 0 Å². The summed E-state index contributed by atoms with van der Waals surface area (Å²) in [6.07, 6.45) is 1.18. The van der Waals surface area contributed by atoms with Gasteiger partial charge in [0.1, 0.15) is 5.75 Å². The van der Waals surface area contributed by atoms with Crippen molar-refractivity contribution < 1.29 is 19.1 Å². The largest absolute Gasteiger partial charge is 0.494 e. The number of carbonyl (C=O) groups is 2. The molecule has 7 nitrogen and oxygen atoms in total. The summed E-state index contributed by atoms with van der Waals surface area (Å²) in [5.74, 6) is 0.460. The van der Waals surface area contributed by atoms with Gasteiger partial charge in [-0.25, -0.2) is 0 Å². The Labute approximate surface area is 160 Å². The topological polar surface area (TPSA) is 71.1 Å². The van der Waals surface area contributed by atoms with Crippen LogP contribution in [0.1, 0.15) is 19.8 Å². The molecule has 1 N–H and O–H groups in total. The van der Waals surface area contributed by atoms with E-state index < -0.39 is 0 Å². The van der Waals surface area contributed by atoms with Crippen molar-refractivity contribution in [2.75, 3.05) is 57.4 Å². The number of carbonyl (C=O) groups excluding carboxylic acids is 2. The number of hydrogen-bond acceptors (Lipinski definition) is 5. The fraction of sp³-hybridized carbons (Fsp3) is 0.600. The van der Waals surface area contributed by atoms with E-state index in [0.717, 1.165) is 50.7 Å². The maximum absolute atomic E-state index is 12.4. The predicted molar refractivity (Wildman–Crippen MR) is 103 cm³/mol. The zero-order chi connectivity index (χ0) is 19.1. The van der Waals surface area contributed by atoms with Crippen LogP contribution in [-0.2, 0) is 14.3 Å². The first-order valence-corrected chi connectivity index (χ1v) is 9.78. The van der Waals surface area contributed by atoms with Crippen LogP contribution >= 0.6 is 0 Å². The second kappa shape index (κ2) is 9.71. The number of amides is 2. The van der Waals surface area contributed by atoms with Gasteiger partial charge in [-0.2, -0.15) is 0 Å². The van der Waals surface area contributed by atoms with E-state index in [1.165, 1.54) is 0 Å². The Kier molecular flexibility index (Phi) is 7.06. The summed E-state index contributed by atoms with van der Waals surface area (Å²) in [7, 11) is 0. The Bertz CT molecular complexity index is 629. The normalized spacial score (nSPS) is 20.7. The molecule has 2 aliphatic rings. The average Bonchev–Trinajstić information content (AvgIpc) is 3.09. The summed E-state index contributed by atoms with van der Waals surface area (Å²) >= 11 is 0. The molecule has 7 heteroatoms. The average molecular weight is 375 g/mol. The zero-order valence-corrected chi connectivity index (χ0v) is 16.0. The van der Waals surface area contributed by atoms with Gasteiger partial charge in [0, 0.05) is 38.3 Å². The van der Waals surface area contributed by atoms with Crippen LogP contribution in [-0.4, -0.2) is 69.3 Å². The third-order valence-corrected chi connectivity index (χ3v) is 5.01. The van der Waals surface area contributed by atoms with Crippen LogP contribution in [0.4, 0.5) is 5.69 Å². The third-order valence-electron chi connectivity index (χ3n) is 5.01. The van der Waals surface area contributed by atoms with E-state index in [9.17, 15) is 9.59 Å². The smallest absolute Gasteiger partial charge is 0.227 e. The van der Waals surface area contributed by atoms with Gasteiger partial charge in [-0.3, -0.25) is 14.5 Å². The second-order valence-electron chi connectivity index (χ2n) is 6.93. The first-order chi connectivity index (χ1) is 13.2. The van der Waals surface area contributed by atoms with Crippen LogP contribution in [0.2, 0.25) is 0 Å². The van der Waals surface area contributed by atoms with Crippen LogP contribution < -0.4 is 15.0 Å². The first kappa shape index (κ1) is 19.6.